The Kier molecular flexibility index (Phi) is 3.96. The van der Waals surface area contributed by atoms with Gasteiger partial charge in [-0.1, -0.05) is 17.7 Å². The predicted molar refractivity (Wildman–Crippen MR) is 59.8 cm³/mol. The third-order valence-electron chi connectivity index (χ3n) is 1.89. The molecule has 0 aliphatic carbocycles. The predicted octanol–water partition coefficient (Wildman–Crippen LogP) is 1.98. The second kappa shape index (κ2) is 4.83. The monoisotopic (exact) mass is 293 g/mol. The van der Waals surface area contributed by atoms with Crippen LogP contribution in [0.5, 0.6) is 5.75 Å². The molecule has 0 heterocycles. The zero-order valence-corrected chi connectivity index (χ0v) is 10.2. The van der Waals surface area contributed by atoms with Crippen LogP contribution in [0.4, 0.5) is 0 Å². The zero-order chi connectivity index (χ0) is 11.6. The minimum atomic E-state index is -1.02. The van der Waals surface area contributed by atoms with Crippen molar-refractivity contribution in [2.24, 2.45) is 5.73 Å². The van der Waals surface area contributed by atoms with Gasteiger partial charge in [0.2, 0.25) is 0 Å². The van der Waals surface area contributed by atoms with Crippen molar-refractivity contribution in [2.45, 2.75) is 6.04 Å². The molecule has 0 aromatic heterocycles. The van der Waals surface area contributed by atoms with Gasteiger partial charge in [0, 0.05) is 5.56 Å². The summed E-state index contributed by atoms with van der Waals surface area (Å²) in [4.78, 5) is 11.2. The number of nitrogens with two attached hydrogens (primary N) is 1. The van der Waals surface area contributed by atoms with Gasteiger partial charge >= 0.3 is 5.97 Å². The molecule has 0 aliphatic rings. The third-order valence-corrected chi connectivity index (χ3v) is 3.24. The average Bonchev–Trinajstić information content (AvgIpc) is 2.24. The topological polar surface area (TPSA) is 72.5 Å². The van der Waals surface area contributed by atoms with E-state index in [1.807, 2.05) is 0 Å². The first-order valence-electron chi connectivity index (χ1n) is 3.99. The van der Waals surface area contributed by atoms with Crippen LogP contribution in [0.3, 0.4) is 0 Å². The number of aromatic hydroxyl groups is 1. The van der Waals surface area contributed by atoms with Crippen LogP contribution in [-0.4, -0.2) is 18.2 Å². The molecule has 82 valence electrons. The van der Waals surface area contributed by atoms with Crippen molar-refractivity contribution in [1.29, 1.82) is 0 Å². The van der Waals surface area contributed by atoms with Crippen LogP contribution in [0.15, 0.2) is 16.6 Å². The van der Waals surface area contributed by atoms with Crippen molar-refractivity contribution < 1.29 is 14.6 Å². The lowest BCUT2D eigenvalue weighted by Crippen LogP contribution is -2.22. The molecule has 4 nitrogen and oxygen atoms in total. The maximum absolute atomic E-state index is 11.2. The van der Waals surface area contributed by atoms with Gasteiger partial charge in [0.15, 0.2) is 0 Å². The van der Waals surface area contributed by atoms with Crippen LogP contribution in [-0.2, 0) is 9.53 Å². The molecule has 0 spiro atoms. The Morgan fingerprint density at radius 2 is 2.27 bits per heavy atom. The number of carbonyl (C=O) groups is 1. The van der Waals surface area contributed by atoms with E-state index in [-0.39, 0.29) is 11.3 Å². The summed E-state index contributed by atoms with van der Waals surface area (Å²) in [6.07, 6.45) is 0. The summed E-state index contributed by atoms with van der Waals surface area (Å²) in [5, 5.41) is 10.0. The summed E-state index contributed by atoms with van der Waals surface area (Å²) in [6.45, 7) is 0. The van der Waals surface area contributed by atoms with Crippen LogP contribution in [0.1, 0.15) is 11.6 Å². The highest BCUT2D eigenvalue weighted by Gasteiger charge is 2.21. The first-order valence-corrected chi connectivity index (χ1v) is 5.16. The fourth-order valence-electron chi connectivity index (χ4n) is 1.06. The summed E-state index contributed by atoms with van der Waals surface area (Å²) in [5.74, 6) is -0.778. The molecule has 1 aromatic carbocycles. The number of phenolic OH excluding ortho intramolecular Hbond substituents is 1. The van der Waals surface area contributed by atoms with Crippen LogP contribution >= 0.6 is 27.5 Å². The Balaban J connectivity index is 3.16. The molecule has 6 heteroatoms. The van der Waals surface area contributed by atoms with Gasteiger partial charge in [-0.15, -0.1) is 0 Å². The average molecular weight is 295 g/mol. The maximum Gasteiger partial charge on any atom is 0.327 e. The summed E-state index contributed by atoms with van der Waals surface area (Å²) in [5.41, 5.74) is 5.83. The van der Waals surface area contributed by atoms with Gasteiger partial charge in [0.05, 0.1) is 16.6 Å². The first-order chi connectivity index (χ1) is 6.99. The van der Waals surface area contributed by atoms with E-state index in [1.165, 1.54) is 19.2 Å². The molecule has 1 aromatic rings. The minimum absolute atomic E-state index is 0.152. The summed E-state index contributed by atoms with van der Waals surface area (Å²) in [6, 6.07) is 1.98. The molecule has 0 saturated carbocycles. The number of hydrogen-bond acceptors (Lipinski definition) is 4. The molecule has 1 atom stereocenters. The van der Waals surface area contributed by atoms with Crippen molar-refractivity contribution in [2.75, 3.05) is 7.11 Å². The van der Waals surface area contributed by atoms with E-state index in [2.05, 4.69) is 20.7 Å². The Morgan fingerprint density at radius 3 is 2.80 bits per heavy atom. The van der Waals surface area contributed by atoms with Crippen molar-refractivity contribution in [3.63, 3.8) is 0 Å². The molecular formula is C9H9BrClNO3. The molecule has 0 fully saturated rings. The normalized spacial score (nSPS) is 12.3. The zero-order valence-electron chi connectivity index (χ0n) is 7.83. The number of phenols is 1. The van der Waals surface area contributed by atoms with Gasteiger partial charge in [-0.25, -0.2) is 0 Å². The van der Waals surface area contributed by atoms with Crippen LogP contribution < -0.4 is 5.73 Å². The van der Waals surface area contributed by atoms with Crippen LogP contribution in [0.25, 0.3) is 0 Å². The Hall–Kier alpha value is -0.780. The number of esters is 1. The van der Waals surface area contributed by atoms with Crippen molar-refractivity contribution in [1.82, 2.24) is 0 Å². The lowest BCUT2D eigenvalue weighted by Gasteiger charge is -2.12. The van der Waals surface area contributed by atoms with E-state index in [4.69, 9.17) is 17.3 Å². The highest BCUT2D eigenvalue weighted by Crippen LogP contribution is 2.36. The molecule has 1 rings (SSSR count). The quantitative estimate of drug-likeness (QED) is 0.818. The van der Waals surface area contributed by atoms with Crippen molar-refractivity contribution in [3.8, 4) is 5.75 Å². The van der Waals surface area contributed by atoms with Gasteiger partial charge in [-0.05, 0) is 22.0 Å². The van der Waals surface area contributed by atoms with Crippen LogP contribution in [0.2, 0.25) is 5.02 Å². The lowest BCUT2D eigenvalue weighted by molar-refractivity contribution is -0.142. The van der Waals surface area contributed by atoms with Crippen molar-refractivity contribution in [3.05, 3.63) is 27.2 Å². The molecule has 0 aliphatic heterocycles. The van der Waals surface area contributed by atoms with Gasteiger partial charge in [-0.3, -0.25) is 4.79 Å². The smallest absolute Gasteiger partial charge is 0.327 e. The number of halogens is 2. The Labute approximate surface area is 100 Å². The van der Waals surface area contributed by atoms with Crippen LogP contribution in [0, 0.1) is 0 Å². The van der Waals surface area contributed by atoms with E-state index in [1.54, 1.807) is 0 Å². The highest BCUT2D eigenvalue weighted by molar-refractivity contribution is 9.10. The standard InChI is InChI=1S/C9H9BrClNO3/c1-15-9(14)7(12)4-2-3-5(11)6(10)8(4)13/h2-3,7,13H,12H2,1H3/t7-/m0/s1. The molecule has 0 radical (unpaired) electrons. The van der Waals surface area contributed by atoms with E-state index in [9.17, 15) is 9.90 Å². The van der Waals surface area contributed by atoms with E-state index < -0.39 is 12.0 Å². The van der Waals surface area contributed by atoms with Gasteiger partial charge in [0.1, 0.15) is 11.8 Å². The van der Waals surface area contributed by atoms with Gasteiger partial charge in [0.25, 0.3) is 0 Å². The molecule has 3 N–H and O–H groups in total. The second-order valence-corrected chi connectivity index (χ2v) is 4.00. The molecule has 0 saturated heterocycles. The fourth-order valence-corrected chi connectivity index (χ4v) is 1.57. The number of ether oxygens (including phenoxy) is 1. The SMILES string of the molecule is COC(=O)[C@@H](N)c1ccc(Cl)c(Br)c1O. The summed E-state index contributed by atoms with van der Waals surface area (Å²) < 4.78 is 4.77. The Bertz CT molecular complexity index is 397. The first kappa shape index (κ1) is 12.3. The molecular weight excluding hydrogens is 285 g/mol. The van der Waals surface area contributed by atoms with Crippen molar-refractivity contribution >= 4 is 33.5 Å². The fraction of sp³-hybridized carbons (Fsp3) is 0.222. The maximum atomic E-state index is 11.2. The minimum Gasteiger partial charge on any atom is -0.506 e. The number of hydrogen-bond donors (Lipinski definition) is 2. The third kappa shape index (κ3) is 2.42. The molecule has 0 bridgehead atoms. The lowest BCUT2D eigenvalue weighted by atomic mass is 10.1. The second-order valence-electron chi connectivity index (χ2n) is 2.80. The molecule has 15 heavy (non-hydrogen) atoms. The number of rotatable bonds is 2. The molecule has 0 amide bonds. The number of benzene rings is 1. The largest absolute Gasteiger partial charge is 0.506 e. The number of carbonyl (C=O) groups excluding carboxylic acids is 1. The van der Waals surface area contributed by atoms with E-state index in [0.717, 1.165) is 0 Å². The van der Waals surface area contributed by atoms with Gasteiger partial charge < -0.3 is 15.6 Å². The summed E-state index contributed by atoms with van der Waals surface area (Å²) >= 11 is 8.82. The summed E-state index contributed by atoms with van der Waals surface area (Å²) in [7, 11) is 1.23. The molecule has 0 unspecified atom stereocenters. The number of methoxy groups -OCH3 is 1. The van der Waals surface area contributed by atoms with E-state index >= 15 is 0 Å². The Morgan fingerprint density at radius 1 is 1.67 bits per heavy atom. The van der Waals surface area contributed by atoms with Gasteiger partial charge in [-0.2, -0.15) is 0 Å². The highest BCUT2D eigenvalue weighted by atomic mass is 79.9. The van der Waals surface area contributed by atoms with E-state index in [0.29, 0.717) is 9.50 Å².